The first kappa shape index (κ1) is 46.0. The summed E-state index contributed by atoms with van der Waals surface area (Å²) >= 11 is 0. The third-order valence-corrected chi connectivity index (χ3v) is 9.93. The Balaban J connectivity index is 3.36. The summed E-state index contributed by atoms with van der Waals surface area (Å²) in [6, 6.07) is 8.94. The quantitative estimate of drug-likeness (QED) is 0.114. The lowest BCUT2D eigenvalue weighted by atomic mass is 9.68. The largest absolute Gasteiger partial charge is 0.484 e. The molecule has 0 spiro atoms. The van der Waals surface area contributed by atoms with Gasteiger partial charge in [0.05, 0.1) is 25.2 Å². The van der Waals surface area contributed by atoms with Crippen molar-refractivity contribution in [2.45, 2.75) is 151 Å². The summed E-state index contributed by atoms with van der Waals surface area (Å²) in [7, 11) is -5.66. The molecule has 0 bridgehead atoms. The lowest BCUT2D eigenvalue weighted by Gasteiger charge is -2.44. The minimum absolute atomic E-state index is 0.350. The monoisotopic (exact) mass is 752 g/mol. The topological polar surface area (TPSA) is 129 Å². The van der Waals surface area contributed by atoms with Crippen molar-refractivity contribution in [1.29, 1.82) is 0 Å². The summed E-state index contributed by atoms with van der Waals surface area (Å²) in [4.78, 5) is 40.3. The van der Waals surface area contributed by atoms with Crippen LogP contribution in [-0.4, -0.2) is 44.5 Å². The number of rotatable bonds is 15. The van der Waals surface area contributed by atoms with E-state index in [0.29, 0.717) is 17.6 Å². The van der Waals surface area contributed by atoms with Gasteiger partial charge in [0, 0.05) is 16.7 Å². The maximum atomic E-state index is 11.5. The highest BCUT2D eigenvalue weighted by molar-refractivity contribution is 7.39. The molecule has 0 amide bonds. The zero-order valence-electron chi connectivity index (χ0n) is 34.4. The van der Waals surface area contributed by atoms with Crippen molar-refractivity contribution in [3.05, 3.63) is 63.2 Å². The Hall–Kier alpha value is -1.18. The van der Waals surface area contributed by atoms with E-state index in [0.717, 1.165) is 40.7 Å². The van der Waals surface area contributed by atoms with Gasteiger partial charge in [0.25, 0.3) is 0 Å². The molecule has 0 heterocycles. The predicted octanol–water partition coefficient (Wildman–Crippen LogP) is 9.83. The maximum absolute atomic E-state index is 11.5. The van der Waals surface area contributed by atoms with Crippen molar-refractivity contribution < 1.29 is 38.5 Å². The van der Waals surface area contributed by atoms with Gasteiger partial charge in [-0.1, -0.05) is 135 Å². The van der Waals surface area contributed by atoms with E-state index in [4.69, 9.17) is 13.8 Å². The standard InChI is InChI=1S/C41H70O8P2/c1-26(2)17-28-19-30(37(5,6)7)34(31(20-28)38(8,9)10)36(41(23-42,24-47-50(43)44)25-48-51(45)46)49-35-32(39(11,12)13)21-29(18-27(3)4)22-33(35)40(14,15)16/h19-22,26-27,36,42-46H,17-18,23-25H2,1-16H3. The molecule has 0 aromatic heterocycles. The molecule has 2 aromatic carbocycles. The predicted molar refractivity (Wildman–Crippen MR) is 212 cm³/mol. The lowest BCUT2D eigenvalue weighted by molar-refractivity contribution is -0.0674. The molecule has 0 saturated carbocycles. The fourth-order valence-electron chi connectivity index (χ4n) is 6.69. The average Bonchev–Trinajstić information content (AvgIpc) is 2.93. The molecule has 10 heteroatoms. The third kappa shape index (κ3) is 12.7. The maximum Gasteiger partial charge on any atom is 0.327 e. The van der Waals surface area contributed by atoms with Crippen molar-refractivity contribution in [2.75, 3.05) is 19.8 Å². The number of aliphatic hydroxyl groups is 1. The molecular formula is C41H70O8P2. The Kier molecular flexibility index (Phi) is 15.8. The SMILES string of the molecule is CC(C)Cc1cc(C(C)(C)C)c(OC(c2c(C(C)(C)C)cc(CC(C)C)cc2C(C)(C)C)C(CO)(COP(O)O)COP(O)O)c(C(C)(C)C)c1. The molecule has 51 heavy (non-hydrogen) atoms. The minimum Gasteiger partial charge on any atom is -0.484 e. The van der Waals surface area contributed by atoms with Crippen LogP contribution in [-0.2, 0) is 43.5 Å². The third-order valence-electron chi connectivity index (χ3n) is 9.21. The van der Waals surface area contributed by atoms with Crippen LogP contribution in [0.2, 0.25) is 0 Å². The summed E-state index contributed by atoms with van der Waals surface area (Å²) in [6.07, 6.45) is 0.764. The second-order valence-corrected chi connectivity index (χ2v) is 20.9. The summed E-state index contributed by atoms with van der Waals surface area (Å²) in [5, 5.41) is 11.5. The van der Waals surface area contributed by atoms with E-state index in [1.807, 2.05) is 0 Å². The van der Waals surface area contributed by atoms with Crippen LogP contribution < -0.4 is 4.74 Å². The van der Waals surface area contributed by atoms with E-state index in [-0.39, 0.29) is 10.8 Å². The highest BCUT2D eigenvalue weighted by Gasteiger charge is 2.48. The summed E-state index contributed by atoms with van der Waals surface area (Å²) in [6.45, 7) is 33.4. The molecule has 0 aliphatic heterocycles. The Labute approximate surface area is 312 Å². The van der Waals surface area contributed by atoms with Crippen molar-refractivity contribution >= 4 is 17.2 Å². The van der Waals surface area contributed by atoms with Gasteiger partial charge in [-0.15, -0.1) is 0 Å². The lowest BCUT2D eigenvalue weighted by Crippen LogP contribution is -2.46. The molecule has 2 rings (SSSR count). The fourth-order valence-corrected chi connectivity index (χ4v) is 7.44. The molecular weight excluding hydrogens is 682 g/mol. The van der Waals surface area contributed by atoms with Crippen LogP contribution in [0, 0.1) is 17.3 Å². The second-order valence-electron chi connectivity index (χ2n) is 19.4. The van der Waals surface area contributed by atoms with Crippen LogP contribution in [0.25, 0.3) is 0 Å². The van der Waals surface area contributed by atoms with Crippen molar-refractivity contribution in [3.63, 3.8) is 0 Å². The number of hydrogen-bond acceptors (Lipinski definition) is 8. The second kappa shape index (κ2) is 17.5. The molecule has 0 aliphatic carbocycles. The Morgan fingerprint density at radius 1 is 0.549 bits per heavy atom. The van der Waals surface area contributed by atoms with Crippen LogP contribution in [0.4, 0.5) is 0 Å². The first-order valence-electron chi connectivity index (χ1n) is 18.3. The van der Waals surface area contributed by atoms with Gasteiger partial charge in [-0.25, -0.2) is 0 Å². The van der Waals surface area contributed by atoms with Gasteiger partial charge < -0.3 is 38.5 Å². The Morgan fingerprint density at radius 2 is 0.863 bits per heavy atom. The molecule has 1 atom stereocenters. The molecule has 292 valence electrons. The normalized spacial score (nSPS) is 14.4. The van der Waals surface area contributed by atoms with Gasteiger partial charge in [0.15, 0.2) is 0 Å². The molecule has 0 radical (unpaired) electrons. The van der Waals surface area contributed by atoms with E-state index >= 15 is 0 Å². The van der Waals surface area contributed by atoms with Crippen molar-refractivity contribution in [3.8, 4) is 5.75 Å². The average molecular weight is 753 g/mol. The van der Waals surface area contributed by atoms with E-state index in [9.17, 15) is 24.7 Å². The van der Waals surface area contributed by atoms with Gasteiger partial charge in [-0.05, 0) is 68.6 Å². The van der Waals surface area contributed by atoms with Crippen molar-refractivity contribution in [2.24, 2.45) is 17.3 Å². The molecule has 0 aliphatic rings. The van der Waals surface area contributed by atoms with Crippen LogP contribution in [0.15, 0.2) is 24.3 Å². The fraction of sp³-hybridized carbons (Fsp3) is 0.707. The molecule has 5 N–H and O–H groups in total. The zero-order chi connectivity index (χ0) is 39.5. The molecule has 0 fully saturated rings. The first-order valence-corrected chi connectivity index (χ1v) is 20.6. The van der Waals surface area contributed by atoms with Gasteiger partial charge in [-0.3, -0.25) is 0 Å². The molecule has 8 nitrogen and oxygen atoms in total. The van der Waals surface area contributed by atoms with Crippen LogP contribution in [0.3, 0.4) is 0 Å². The van der Waals surface area contributed by atoms with Crippen LogP contribution >= 0.6 is 17.2 Å². The Morgan fingerprint density at radius 3 is 1.12 bits per heavy atom. The smallest absolute Gasteiger partial charge is 0.327 e. The molecule has 0 saturated heterocycles. The Bertz CT molecular complexity index is 1340. The van der Waals surface area contributed by atoms with E-state index in [1.165, 1.54) is 11.1 Å². The number of ether oxygens (including phenoxy) is 1. The van der Waals surface area contributed by atoms with Gasteiger partial charge in [0.1, 0.15) is 11.9 Å². The highest BCUT2D eigenvalue weighted by atomic mass is 31.2. The highest BCUT2D eigenvalue weighted by Crippen LogP contribution is 2.52. The van der Waals surface area contributed by atoms with Crippen LogP contribution in [0.1, 0.15) is 156 Å². The summed E-state index contributed by atoms with van der Waals surface area (Å²) in [5.41, 5.74) is 4.30. The zero-order valence-corrected chi connectivity index (χ0v) is 36.2. The van der Waals surface area contributed by atoms with Crippen LogP contribution in [0.5, 0.6) is 5.75 Å². The van der Waals surface area contributed by atoms with Gasteiger partial charge in [-0.2, -0.15) is 0 Å². The van der Waals surface area contributed by atoms with E-state index < -0.39 is 59.4 Å². The minimum atomic E-state index is -2.83. The number of hydrogen-bond donors (Lipinski definition) is 5. The van der Waals surface area contributed by atoms with E-state index in [1.54, 1.807) is 0 Å². The molecule has 2 aromatic rings. The van der Waals surface area contributed by atoms with Gasteiger partial charge in [0.2, 0.25) is 0 Å². The van der Waals surface area contributed by atoms with Crippen molar-refractivity contribution in [1.82, 2.24) is 0 Å². The molecule has 1 unspecified atom stereocenters. The summed E-state index contributed by atoms with van der Waals surface area (Å²) in [5.74, 6) is 1.53. The summed E-state index contributed by atoms with van der Waals surface area (Å²) < 4.78 is 18.7. The first-order chi connectivity index (χ1) is 23.0. The van der Waals surface area contributed by atoms with E-state index in [2.05, 4.69) is 135 Å². The van der Waals surface area contributed by atoms with Gasteiger partial charge >= 0.3 is 17.2 Å². The number of benzene rings is 2. The number of aliphatic hydroxyl groups excluding tert-OH is 1.